The Labute approximate surface area is 105 Å². The summed E-state index contributed by atoms with van der Waals surface area (Å²) < 4.78 is 22.9. The average molecular weight is 258 g/mol. The largest absolute Gasteiger partial charge is 0.246 e. The molecule has 0 bridgehead atoms. The molecule has 1 aromatic heterocycles. The van der Waals surface area contributed by atoms with Crippen LogP contribution in [0, 0.1) is 11.3 Å². The monoisotopic (exact) mass is 258 g/mol. The number of hydrogen-bond acceptors (Lipinski definition) is 4. The highest BCUT2D eigenvalue weighted by molar-refractivity contribution is 7.90. The van der Waals surface area contributed by atoms with E-state index in [2.05, 4.69) is 4.98 Å². The van der Waals surface area contributed by atoms with Crippen LogP contribution in [0.2, 0.25) is 0 Å². The first-order valence-corrected chi connectivity index (χ1v) is 7.06. The van der Waals surface area contributed by atoms with E-state index in [9.17, 15) is 8.42 Å². The number of nitriles is 1. The minimum atomic E-state index is -3.23. The normalized spacial score (nSPS) is 10.9. The molecule has 90 valence electrons. The Morgan fingerprint density at radius 2 is 1.89 bits per heavy atom. The molecule has 0 N–H and O–H groups in total. The van der Waals surface area contributed by atoms with Gasteiger partial charge in [0, 0.05) is 12.5 Å². The Morgan fingerprint density at radius 3 is 2.56 bits per heavy atom. The molecule has 0 amide bonds. The molecule has 18 heavy (non-hydrogen) atoms. The zero-order valence-electron chi connectivity index (χ0n) is 9.66. The van der Waals surface area contributed by atoms with Gasteiger partial charge in [0.15, 0.2) is 9.84 Å². The highest BCUT2D eigenvalue weighted by Crippen LogP contribution is 2.22. The van der Waals surface area contributed by atoms with Crippen molar-refractivity contribution < 1.29 is 8.42 Å². The molecule has 1 aromatic carbocycles. The third kappa shape index (κ3) is 2.55. The summed E-state index contributed by atoms with van der Waals surface area (Å²) in [5.74, 6) is 0. The van der Waals surface area contributed by atoms with E-state index in [0.717, 1.165) is 11.1 Å². The maximum absolute atomic E-state index is 11.5. The average Bonchev–Trinajstić information content (AvgIpc) is 2.38. The summed E-state index contributed by atoms with van der Waals surface area (Å²) >= 11 is 0. The van der Waals surface area contributed by atoms with Crippen molar-refractivity contribution >= 4 is 9.84 Å². The molecule has 0 atom stereocenters. The van der Waals surface area contributed by atoms with Gasteiger partial charge < -0.3 is 0 Å². The van der Waals surface area contributed by atoms with Gasteiger partial charge in [0.05, 0.1) is 4.90 Å². The molecule has 0 unspecified atom stereocenters. The van der Waals surface area contributed by atoms with Crippen molar-refractivity contribution in [2.75, 3.05) is 6.26 Å². The Bertz CT molecular complexity index is 731. The van der Waals surface area contributed by atoms with Crippen LogP contribution in [0.4, 0.5) is 0 Å². The van der Waals surface area contributed by atoms with Crippen LogP contribution in [-0.2, 0) is 9.84 Å². The second-order valence-electron chi connectivity index (χ2n) is 3.84. The van der Waals surface area contributed by atoms with Crippen LogP contribution in [0.1, 0.15) is 5.69 Å². The van der Waals surface area contributed by atoms with E-state index in [4.69, 9.17) is 5.26 Å². The van der Waals surface area contributed by atoms with Crippen molar-refractivity contribution in [3.05, 3.63) is 48.3 Å². The number of nitrogens with zero attached hydrogens (tertiary/aromatic N) is 2. The molecule has 4 nitrogen and oxygen atoms in total. The van der Waals surface area contributed by atoms with Gasteiger partial charge in [-0.15, -0.1) is 0 Å². The third-order valence-electron chi connectivity index (χ3n) is 2.47. The van der Waals surface area contributed by atoms with Gasteiger partial charge in [-0.3, -0.25) is 0 Å². The lowest BCUT2D eigenvalue weighted by atomic mass is 10.1. The Hall–Kier alpha value is -2.19. The van der Waals surface area contributed by atoms with E-state index in [1.807, 2.05) is 6.07 Å². The smallest absolute Gasteiger partial charge is 0.175 e. The molecule has 2 rings (SSSR count). The van der Waals surface area contributed by atoms with Crippen LogP contribution in [-0.4, -0.2) is 19.7 Å². The fourth-order valence-corrected chi connectivity index (χ4v) is 2.24. The molecule has 0 aliphatic rings. The molecule has 0 saturated carbocycles. The van der Waals surface area contributed by atoms with Crippen LogP contribution in [0.5, 0.6) is 0 Å². The molecule has 0 aliphatic carbocycles. The van der Waals surface area contributed by atoms with Crippen LogP contribution >= 0.6 is 0 Å². The molecule has 0 fully saturated rings. The summed E-state index contributed by atoms with van der Waals surface area (Å²) in [6.07, 6.45) is 2.69. The Kier molecular flexibility index (Phi) is 3.13. The van der Waals surface area contributed by atoms with Crippen LogP contribution in [0.15, 0.2) is 47.5 Å². The van der Waals surface area contributed by atoms with Gasteiger partial charge in [0.1, 0.15) is 11.8 Å². The summed E-state index contributed by atoms with van der Waals surface area (Å²) in [6.45, 7) is 0. The zero-order valence-corrected chi connectivity index (χ0v) is 10.5. The summed E-state index contributed by atoms with van der Waals surface area (Å²) in [5.41, 5.74) is 1.82. The van der Waals surface area contributed by atoms with Crippen molar-refractivity contribution in [3.63, 3.8) is 0 Å². The van der Waals surface area contributed by atoms with Gasteiger partial charge in [-0.1, -0.05) is 12.1 Å². The van der Waals surface area contributed by atoms with E-state index >= 15 is 0 Å². The molecular formula is C13H10N2O2S. The maximum atomic E-state index is 11.5. The standard InChI is InChI=1S/C13H10N2O2S/c1-18(16,17)13-4-2-3-10(8-13)11-5-6-15-12(7-11)9-14/h2-8H,1H3. The summed E-state index contributed by atoms with van der Waals surface area (Å²) in [5, 5.41) is 8.78. The highest BCUT2D eigenvalue weighted by Gasteiger charge is 2.08. The fourth-order valence-electron chi connectivity index (χ4n) is 1.58. The predicted octanol–water partition coefficient (Wildman–Crippen LogP) is 2.02. The Morgan fingerprint density at radius 1 is 1.17 bits per heavy atom. The first-order valence-electron chi connectivity index (χ1n) is 5.17. The lowest BCUT2D eigenvalue weighted by Gasteiger charge is -2.04. The van der Waals surface area contributed by atoms with Crippen molar-refractivity contribution in [1.29, 1.82) is 5.26 Å². The lowest BCUT2D eigenvalue weighted by Crippen LogP contribution is -1.96. The van der Waals surface area contributed by atoms with E-state index in [-0.39, 0.29) is 4.90 Å². The van der Waals surface area contributed by atoms with Gasteiger partial charge in [-0.05, 0) is 35.4 Å². The number of pyridine rings is 1. The molecule has 0 radical (unpaired) electrons. The number of rotatable bonds is 2. The van der Waals surface area contributed by atoms with Crippen molar-refractivity contribution in [2.45, 2.75) is 4.90 Å². The highest BCUT2D eigenvalue weighted by atomic mass is 32.2. The van der Waals surface area contributed by atoms with Gasteiger partial charge >= 0.3 is 0 Å². The number of benzene rings is 1. The molecule has 5 heteroatoms. The molecular weight excluding hydrogens is 248 g/mol. The quantitative estimate of drug-likeness (QED) is 0.826. The number of hydrogen-bond donors (Lipinski definition) is 0. The summed E-state index contributed by atoms with van der Waals surface area (Å²) in [6, 6.07) is 11.9. The topological polar surface area (TPSA) is 70.8 Å². The maximum Gasteiger partial charge on any atom is 0.175 e. The summed E-state index contributed by atoms with van der Waals surface area (Å²) in [4.78, 5) is 4.13. The lowest BCUT2D eigenvalue weighted by molar-refractivity contribution is 0.602. The molecule has 0 saturated heterocycles. The van der Waals surface area contributed by atoms with Crippen molar-refractivity contribution in [1.82, 2.24) is 4.98 Å². The van der Waals surface area contributed by atoms with Gasteiger partial charge in [0.25, 0.3) is 0 Å². The number of sulfone groups is 1. The minimum absolute atomic E-state index is 0.260. The van der Waals surface area contributed by atoms with Crippen LogP contribution in [0.25, 0.3) is 11.1 Å². The second kappa shape index (κ2) is 4.59. The van der Waals surface area contributed by atoms with Crippen LogP contribution < -0.4 is 0 Å². The first kappa shape index (κ1) is 12.3. The number of aromatic nitrogens is 1. The molecule has 0 spiro atoms. The van der Waals surface area contributed by atoms with Gasteiger partial charge in [-0.2, -0.15) is 5.26 Å². The third-order valence-corrected chi connectivity index (χ3v) is 3.58. The van der Waals surface area contributed by atoms with Crippen LogP contribution in [0.3, 0.4) is 0 Å². The van der Waals surface area contributed by atoms with E-state index in [0.29, 0.717) is 5.69 Å². The first-order chi connectivity index (χ1) is 8.50. The van der Waals surface area contributed by atoms with Gasteiger partial charge in [0.2, 0.25) is 0 Å². The van der Waals surface area contributed by atoms with E-state index in [1.165, 1.54) is 12.5 Å². The minimum Gasteiger partial charge on any atom is -0.246 e. The van der Waals surface area contributed by atoms with Crippen molar-refractivity contribution in [3.8, 4) is 17.2 Å². The predicted molar refractivity (Wildman–Crippen MR) is 67.5 cm³/mol. The van der Waals surface area contributed by atoms with Crippen molar-refractivity contribution in [2.24, 2.45) is 0 Å². The van der Waals surface area contributed by atoms with E-state index < -0.39 is 9.84 Å². The SMILES string of the molecule is CS(=O)(=O)c1cccc(-c2ccnc(C#N)c2)c1. The fraction of sp³-hybridized carbons (Fsp3) is 0.0769. The molecule has 2 aromatic rings. The van der Waals surface area contributed by atoms with Gasteiger partial charge in [-0.25, -0.2) is 13.4 Å². The summed E-state index contributed by atoms with van der Waals surface area (Å²) in [7, 11) is -3.23. The molecule has 1 heterocycles. The molecule has 0 aliphatic heterocycles. The van der Waals surface area contributed by atoms with E-state index in [1.54, 1.807) is 36.4 Å². The zero-order chi connectivity index (χ0) is 13.2. The second-order valence-corrected chi connectivity index (χ2v) is 5.86. The Balaban J connectivity index is 2.55.